The van der Waals surface area contributed by atoms with Crippen molar-refractivity contribution >= 4 is 109 Å². The largest absolute Gasteiger partial charge is 0.268 e. The van der Waals surface area contributed by atoms with E-state index in [-0.39, 0.29) is 11.1 Å². The minimum Gasteiger partial charge on any atom is -0.268 e. The fourth-order valence-electron chi connectivity index (χ4n) is 8.63. The maximum absolute atomic E-state index is 14.7. The molecule has 0 amide bonds. The molecule has 8 aromatic carbocycles. The fraction of sp³-hybridized carbons (Fsp3) is 0. The van der Waals surface area contributed by atoms with Gasteiger partial charge in [0.05, 0.1) is 22.1 Å². The molecule has 0 saturated carbocycles. The third-order valence-corrected chi connectivity index (χ3v) is 10.6. The van der Waals surface area contributed by atoms with Gasteiger partial charge in [0.1, 0.15) is 11.3 Å². The van der Waals surface area contributed by atoms with Crippen LogP contribution in [-0.4, -0.2) is 18.8 Å². The van der Waals surface area contributed by atoms with Crippen molar-refractivity contribution in [2.75, 3.05) is 0 Å². The first-order valence-electron chi connectivity index (χ1n) is 16.0. The van der Waals surface area contributed by atoms with Crippen LogP contribution < -0.4 is 11.1 Å². The third-order valence-electron chi connectivity index (χ3n) is 10.6. The summed E-state index contributed by atoms with van der Waals surface area (Å²) < 4.78 is 3.56. The smallest absolute Gasteiger partial charge is 0.264 e. The summed E-state index contributed by atoms with van der Waals surface area (Å²) in [6.45, 7) is 0. The number of aromatic nitrogens is 4. The van der Waals surface area contributed by atoms with Crippen LogP contribution >= 0.6 is 0 Å². The Bertz CT molecular complexity index is 3320. The lowest BCUT2D eigenvalue weighted by Gasteiger charge is -2.12. The lowest BCUT2D eigenvalue weighted by Crippen LogP contribution is -2.16. The molecule has 0 fully saturated rings. The van der Waals surface area contributed by atoms with Crippen LogP contribution in [0.2, 0.25) is 0 Å². The van der Waals surface area contributed by atoms with Crippen LogP contribution in [-0.2, 0) is 0 Å². The summed E-state index contributed by atoms with van der Waals surface area (Å²) in [5, 5.41) is 12.6. The van der Waals surface area contributed by atoms with Crippen LogP contribution in [0.25, 0.3) is 109 Å². The molecule has 6 nitrogen and oxygen atoms in total. The standard InChI is InChI=1S/C42H20N4O2/c47-41-31-19-20-32-34-30(40-44-36-26-14-6-2-10-22(26)24-12-4-8-16-28(24)38(36)46(40)42(32)48)18-17-29(33(31)34)39-43-35-25-13-5-1-9-21(25)23-11-3-7-15-27(23)37(35)45(39)41/h1-20H. The van der Waals surface area contributed by atoms with Crippen LogP contribution in [0.15, 0.2) is 131 Å². The first-order chi connectivity index (χ1) is 23.7. The second-order valence-corrected chi connectivity index (χ2v) is 12.8. The van der Waals surface area contributed by atoms with Gasteiger partial charge in [-0.3, -0.25) is 18.4 Å². The zero-order valence-corrected chi connectivity index (χ0v) is 25.2. The van der Waals surface area contributed by atoms with E-state index < -0.39 is 0 Å². The fourth-order valence-corrected chi connectivity index (χ4v) is 8.63. The van der Waals surface area contributed by atoms with Crippen molar-refractivity contribution in [2.24, 2.45) is 0 Å². The van der Waals surface area contributed by atoms with Gasteiger partial charge in [-0.15, -0.1) is 0 Å². The Morgan fingerprint density at radius 2 is 0.646 bits per heavy atom. The second kappa shape index (κ2) is 8.18. The van der Waals surface area contributed by atoms with Gasteiger partial charge in [0.25, 0.3) is 11.1 Å². The van der Waals surface area contributed by atoms with Gasteiger partial charge in [0.15, 0.2) is 0 Å². The number of hydrogen-bond donors (Lipinski definition) is 0. The SMILES string of the molecule is O=c1c2ccc3c(=O)n4c(nc5c6ccccc6c6ccccc6c54)c4ccc(c2c34)c2nc3c4ccccc4c4ccccc4c3n12. The van der Waals surface area contributed by atoms with E-state index in [2.05, 4.69) is 60.7 Å². The molecule has 0 aliphatic carbocycles. The molecule has 220 valence electrons. The lowest BCUT2D eigenvalue weighted by molar-refractivity contribution is 1.19. The van der Waals surface area contributed by atoms with E-state index in [1.807, 2.05) is 60.7 Å². The Hall–Kier alpha value is -6.66. The van der Waals surface area contributed by atoms with E-state index in [4.69, 9.17) is 9.97 Å². The van der Waals surface area contributed by atoms with Gasteiger partial charge in [-0.05, 0) is 45.8 Å². The van der Waals surface area contributed by atoms with Gasteiger partial charge >= 0.3 is 0 Å². The van der Waals surface area contributed by atoms with Gasteiger partial charge in [0.2, 0.25) is 0 Å². The molecular formula is C42H20N4O2. The van der Waals surface area contributed by atoms with Gasteiger partial charge in [0, 0.05) is 53.9 Å². The van der Waals surface area contributed by atoms with Crippen molar-refractivity contribution < 1.29 is 0 Å². The summed E-state index contributed by atoms with van der Waals surface area (Å²) in [4.78, 5) is 39.7. The maximum atomic E-state index is 14.7. The minimum absolute atomic E-state index is 0.146. The van der Waals surface area contributed by atoms with E-state index in [1.54, 1.807) is 8.80 Å². The van der Waals surface area contributed by atoms with Crippen molar-refractivity contribution in [3.05, 3.63) is 142 Å². The normalized spacial score (nSPS) is 12.8. The maximum Gasteiger partial charge on any atom is 0.264 e. The number of imidazole rings is 2. The Kier molecular flexibility index (Phi) is 4.19. The molecule has 0 saturated heterocycles. The second-order valence-electron chi connectivity index (χ2n) is 12.8. The molecule has 0 bridgehead atoms. The quantitative estimate of drug-likeness (QED) is 0.160. The highest BCUT2D eigenvalue weighted by Crippen LogP contribution is 2.41. The molecule has 0 radical (unpaired) electrons. The van der Waals surface area contributed by atoms with Crippen LogP contribution in [0, 0.1) is 0 Å². The van der Waals surface area contributed by atoms with Crippen molar-refractivity contribution in [1.82, 2.24) is 18.8 Å². The van der Waals surface area contributed by atoms with Crippen LogP contribution in [0.3, 0.4) is 0 Å². The molecule has 0 spiro atoms. The summed E-state index contributed by atoms with van der Waals surface area (Å²) in [6.07, 6.45) is 0. The van der Waals surface area contributed by atoms with E-state index in [0.29, 0.717) is 22.1 Å². The molecule has 48 heavy (non-hydrogen) atoms. The van der Waals surface area contributed by atoms with Crippen molar-refractivity contribution in [1.29, 1.82) is 0 Å². The third kappa shape index (κ3) is 2.66. The van der Waals surface area contributed by atoms with Crippen molar-refractivity contribution in [3.63, 3.8) is 0 Å². The summed E-state index contributed by atoms with van der Waals surface area (Å²) >= 11 is 0. The monoisotopic (exact) mass is 612 g/mol. The van der Waals surface area contributed by atoms with Crippen LogP contribution in [0.4, 0.5) is 0 Å². The Balaban J connectivity index is 1.33. The highest BCUT2D eigenvalue weighted by molar-refractivity contribution is 6.31. The van der Waals surface area contributed by atoms with Gasteiger partial charge in [-0.1, -0.05) is 97.1 Å². The molecular weight excluding hydrogens is 592 g/mol. The Morgan fingerprint density at radius 1 is 0.333 bits per heavy atom. The average molecular weight is 613 g/mol. The lowest BCUT2D eigenvalue weighted by atomic mass is 9.96. The molecule has 0 aliphatic rings. The average Bonchev–Trinajstić information content (AvgIpc) is 3.75. The summed E-state index contributed by atoms with van der Waals surface area (Å²) in [5.41, 5.74) is 4.09. The molecule has 0 N–H and O–H groups in total. The number of pyridine rings is 2. The minimum atomic E-state index is -0.146. The molecule has 4 aromatic heterocycles. The molecule has 12 aromatic rings. The number of hydrogen-bond acceptors (Lipinski definition) is 4. The molecule has 4 heterocycles. The van der Waals surface area contributed by atoms with E-state index in [0.717, 1.165) is 86.7 Å². The predicted molar refractivity (Wildman–Crippen MR) is 196 cm³/mol. The number of benzene rings is 8. The van der Waals surface area contributed by atoms with Crippen LogP contribution in [0.5, 0.6) is 0 Å². The molecule has 0 atom stereocenters. The molecule has 0 aliphatic heterocycles. The molecule has 6 heteroatoms. The van der Waals surface area contributed by atoms with Gasteiger partial charge in [-0.2, -0.15) is 0 Å². The Labute approximate surface area is 269 Å². The number of fused-ring (bicyclic) bond motifs is 18. The van der Waals surface area contributed by atoms with E-state index in [1.165, 1.54) is 0 Å². The number of nitrogens with zero attached hydrogens (tertiary/aromatic N) is 4. The highest BCUT2D eigenvalue weighted by Gasteiger charge is 2.25. The number of rotatable bonds is 0. The summed E-state index contributed by atoms with van der Waals surface area (Å²) in [6, 6.07) is 40.6. The van der Waals surface area contributed by atoms with Crippen molar-refractivity contribution in [2.45, 2.75) is 0 Å². The van der Waals surface area contributed by atoms with Crippen LogP contribution in [0.1, 0.15) is 0 Å². The first-order valence-corrected chi connectivity index (χ1v) is 16.0. The predicted octanol–water partition coefficient (Wildman–Crippen LogP) is 8.96. The zero-order valence-electron chi connectivity index (χ0n) is 25.2. The van der Waals surface area contributed by atoms with Crippen molar-refractivity contribution in [3.8, 4) is 0 Å². The van der Waals surface area contributed by atoms with Gasteiger partial charge in [-0.25, -0.2) is 9.97 Å². The first kappa shape index (κ1) is 24.6. The topological polar surface area (TPSA) is 68.7 Å². The van der Waals surface area contributed by atoms with E-state index >= 15 is 0 Å². The Morgan fingerprint density at radius 3 is 1.04 bits per heavy atom. The zero-order chi connectivity index (χ0) is 31.4. The van der Waals surface area contributed by atoms with E-state index in [9.17, 15) is 9.59 Å². The molecule has 0 unspecified atom stereocenters. The molecule has 12 rings (SSSR count). The summed E-state index contributed by atoms with van der Waals surface area (Å²) in [7, 11) is 0. The highest BCUT2D eigenvalue weighted by atomic mass is 16.1. The van der Waals surface area contributed by atoms with Gasteiger partial charge < -0.3 is 0 Å². The summed E-state index contributed by atoms with van der Waals surface area (Å²) in [5.74, 6) is 0.